The molecule has 0 aliphatic carbocycles. The predicted molar refractivity (Wildman–Crippen MR) is 69.6 cm³/mol. The molecule has 0 amide bonds. The Morgan fingerprint density at radius 3 is 2.65 bits per heavy atom. The molecule has 5 heteroatoms. The lowest BCUT2D eigenvalue weighted by Gasteiger charge is -2.31. The molecule has 94 valence electrons. The van der Waals surface area contributed by atoms with Crippen LogP contribution in [-0.2, 0) is 11.3 Å². The van der Waals surface area contributed by atoms with Gasteiger partial charge >= 0.3 is 0 Å². The van der Waals surface area contributed by atoms with Crippen molar-refractivity contribution in [2.24, 2.45) is 0 Å². The maximum atomic E-state index is 6.06. The maximum absolute atomic E-state index is 6.06. The van der Waals surface area contributed by atoms with E-state index < -0.39 is 0 Å². The molecule has 0 bridgehead atoms. The average molecular weight is 275 g/mol. The summed E-state index contributed by atoms with van der Waals surface area (Å²) >= 11 is 11.8. The number of likely N-dealkylation sites (tertiary alicyclic amines) is 1. The summed E-state index contributed by atoms with van der Waals surface area (Å²) in [5.74, 6) is 0. The highest BCUT2D eigenvalue weighted by Crippen LogP contribution is 2.21. The largest absolute Gasteiger partial charge is 0.381 e. The molecule has 2 heterocycles. The Labute approximate surface area is 112 Å². The average Bonchev–Trinajstić information content (AvgIpc) is 2.34. The van der Waals surface area contributed by atoms with E-state index in [4.69, 9.17) is 27.9 Å². The van der Waals surface area contributed by atoms with Crippen LogP contribution < -0.4 is 0 Å². The van der Waals surface area contributed by atoms with Gasteiger partial charge in [0.25, 0.3) is 0 Å². The zero-order valence-electron chi connectivity index (χ0n) is 9.83. The standard InChI is InChI=1S/C12H16Cl2N2O/c1-17-10-4-6-16(7-5-10)8-9-2-3-11(13)15-12(9)14/h2-3,10H,4-8H2,1H3. The smallest absolute Gasteiger partial charge is 0.135 e. The number of aromatic nitrogens is 1. The molecule has 1 aromatic rings. The summed E-state index contributed by atoms with van der Waals surface area (Å²) in [6.07, 6.45) is 2.56. The lowest BCUT2D eigenvalue weighted by molar-refractivity contribution is 0.0388. The quantitative estimate of drug-likeness (QED) is 0.793. The van der Waals surface area contributed by atoms with Crippen LogP contribution in [0.25, 0.3) is 0 Å². The van der Waals surface area contributed by atoms with Crippen molar-refractivity contribution in [1.82, 2.24) is 9.88 Å². The van der Waals surface area contributed by atoms with Gasteiger partial charge in [0.1, 0.15) is 10.3 Å². The molecule has 1 saturated heterocycles. The molecule has 1 aliphatic rings. The molecular weight excluding hydrogens is 259 g/mol. The Morgan fingerprint density at radius 2 is 2.06 bits per heavy atom. The van der Waals surface area contributed by atoms with Crippen LogP contribution in [-0.4, -0.2) is 36.2 Å². The van der Waals surface area contributed by atoms with Crippen molar-refractivity contribution in [3.63, 3.8) is 0 Å². The van der Waals surface area contributed by atoms with Crippen LogP contribution in [0.3, 0.4) is 0 Å². The Morgan fingerprint density at radius 1 is 1.35 bits per heavy atom. The van der Waals surface area contributed by atoms with Crippen LogP contribution in [0.1, 0.15) is 18.4 Å². The van der Waals surface area contributed by atoms with Crippen LogP contribution in [0.4, 0.5) is 0 Å². The van der Waals surface area contributed by atoms with Crippen LogP contribution in [0.15, 0.2) is 12.1 Å². The van der Waals surface area contributed by atoms with Crippen LogP contribution >= 0.6 is 23.2 Å². The van der Waals surface area contributed by atoms with Gasteiger partial charge in [-0.2, -0.15) is 0 Å². The molecular formula is C12H16Cl2N2O. The highest BCUT2D eigenvalue weighted by molar-refractivity contribution is 6.32. The van der Waals surface area contributed by atoms with Gasteiger partial charge in [-0.1, -0.05) is 29.3 Å². The Hall–Kier alpha value is -0.350. The monoisotopic (exact) mass is 274 g/mol. The van der Waals surface area contributed by atoms with Crippen molar-refractivity contribution in [2.45, 2.75) is 25.5 Å². The van der Waals surface area contributed by atoms with Gasteiger partial charge in [0.15, 0.2) is 0 Å². The zero-order valence-corrected chi connectivity index (χ0v) is 11.3. The normalized spacial score (nSPS) is 18.5. The molecule has 0 aromatic carbocycles. The van der Waals surface area contributed by atoms with E-state index in [-0.39, 0.29) is 0 Å². The van der Waals surface area contributed by atoms with E-state index in [0.29, 0.717) is 16.4 Å². The minimum absolute atomic E-state index is 0.407. The van der Waals surface area contributed by atoms with Crippen molar-refractivity contribution >= 4 is 23.2 Å². The zero-order chi connectivity index (χ0) is 12.3. The fourth-order valence-electron chi connectivity index (χ4n) is 2.10. The summed E-state index contributed by atoms with van der Waals surface area (Å²) in [4.78, 5) is 6.42. The van der Waals surface area contributed by atoms with Gasteiger partial charge in [0, 0.05) is 32.3 Å². The molecule has 0 spiro atoms. The summed E-state index contributed by atoms with van der Waals surface area (Å²) < 4.78 is 5.35. The number of hydrogen-bond acceptors (Lipinski definition) is 3. The van der Waals surface area contributed by atoms with Gasteiger partial charge in [-0.15, -0.1) is 0 Å². The van der Waals surface area contributed by atoms with Gasteiger partial charge in [-0.05, 0) is 18.9 Å². The predicted octanol–water partition coefficient (Wildman–Crippen LogP) is 3.00. The second-order valence-electron chi connectivity index (χ2n) is 4.30. The van der Waals surface area contributed by atoms with E-state index in [2.05, 4.69) is 9.88 Å². The van der Waals surface area contributed by atoms with Crippen molar-refractivity contribution in [3.8, 4) is 0 Å². The van der Waals surface area contributed by atoms with Crippen molar-refractivity contribution in [3.05, 3.63) is 28.0 Å². The molecule has 0 radical (unpaired) electrons. The van der Waals surface area contributed by atoms with Gasteiger partial charge < -0.3 is 4.74 Å². The summed E-state index contributed by atoms with van der Waals surface area (Å²) in [5, 5.41) is 0.947. The topological polar surface area (TPSA) is 25.4 Å². The molecule has 0 atom stereocenters. The van der Waals surface area contributed by atoms with Crippen LogP contribution in [0, 0.1) is 0 Å². The van der Waals surface area contributed by atoms with E-state index >= 15 is 0 Å². The number of nitrogens with zero attached hydrogens (tertiary/aromatic N) is 2. The molecule has 1 aliphatic heterocycles. The summed E-state index contributed by atoms with van der Waals surface area (Å²) in [6.45, 7) is 2.91. The summed E-state index contributed by atoms with van der Waals surface area (Å²) in [6, 6.07) is 3.73. The first-order valence-electron chi connectivity index (χ1n) is 5.75. The second kappa shape index (κ2) is 6.01. The van der Waals surface area contributed by atoms with Gasteiger partial charge in [0.2, 0.25) is 0 Å². The lowest BCUT2D eigenvalue weighted by atomic mass is 10.1. The van der Waals surface area contributed by atoms with Crippen molar-refractivity contribution in [1.29, 1.82) is 0 Å². The third-order valence-corrected chi connectivity index (χ3v) is 3.69. The highest BCUT2D eigenvalue weighted by atomic mass is 35.5. The number of hydrogen-bond donors (Lipinski definition) is 0. The number of ether oxygens (including phenoxy) is 1. The number of pyridine rings is 1. The SMILES string of the molecule is COC1CCN(Cc2ccc(Cl)nc2Cl)CC1. The Balaban J connectivity index is 1.93. The third-order valence-electron chi connectivity index (χ3n) is 3.15. The van der Waals surface area contributed by atoms with Gasteiger partial charge in [0.05, 0.1) is 6.10 Å². The molecule has 17 heavy (non-hydrogen) atoms. The Kier molecular flexibility index (Phi) is 4.62. The van der Waals surface area contributed by atoms with E-state index in [1.807, 2.05) is 6.07 Å². The van der Waals surface area contributed by atoms with E-state index in [0.717, 1.165) is 38.0 Å². The summed E-state index contributed by atoms with van der Waals surface area (Å²) in [5.41, 5.74) is 1.03. The number of piperidine rings is 1. The number of rotatable bonds is 3. The fraction of sp³-hybridized carbons (Fsp3) is 0.583. The van der Waals surface area contributed by atoms with Crippen LogP contribution in [0.2, 0.25) is 10.3 Å². The molecule has 1 aromatic heterocycles. The highest BCUT2D eigenvalue weighted by Gasteiger charge is 2.19. The van der Waals surface area contributed by atoms with E-state index in [1.54, 1.807) is 13.2 Å². The number of halogens is 2. The number of methoxy groups -OCH3 is 1. The fourth-order valence-corrected chi connectivity index (χ4v) is 2.51. The first kappa shape index (κ1) is 13.1. The molecule has 2 rings (SSSR count). The minimum atomic E-state index is 0.407. The first-order chi connectivity index (χ1) is 8.19. The van der Waals surface area contributed by atoms with Crippen LogP contribution in [0.5, 0.6) is 0 Å². The maximum Gasteiger partial charge on any atom is 0.135 e. The second-order valence-corrected chi connectivity index (χ2v) is 5.04. The summed E-state index contributed by atoms with van der Waals surface area (Å²) in [7, 11) is 1.78. The van der Waals surface area contributed by atoms with Crippen molar-refractivity contribution < 1.29 is 4.74 Å². The van der Waals surface area contributed by atoms with E-state index in [9.17, 15) is 0 Å². The molecule has 3 nitrogen and oxygen atoms in total. The first-order valence-corrected chi connectivity index (χ1v) is 6.50. The molecule has 0 unspecified atom stereocenters. The van der Waals surface area contributed by atoms with E-state index in [1.165, 1.54) is 0 Å². The Bertz CT molecular complexity index is 379. The van der Waals surface area contributed by atoms with Gasteiger partial charge in [-0.25, -0.2) is 4.98 Å². The van der Waals surface area contributed by atoms with Crippen molar-refractivity contribution in [2.75, 3.05) is 20.2 Å². The van der Waals surface area contributed by atoms with Gasteiger partial charge in [-0.3, -0.25) is 4.90 Å². The minimum Gasteiger partial charge on any atom is -0.381 e. The third kappa shape index (κ3) is 3.55. The molecule has 1 fully saturated rings. The molecule has 0 saturated carbocycles. The molecule has 0 N–H and O–H groups in total. The lowest BCUT2D eigenvalue weighted by Crippen LogP contribution is -2.36.